The number of para-hydroxylation sites is 1. The average Bonchev–Trinajstić information content (AvgIpc) is 2.59. The highest BCUT2D eigenvalue weighted by Crippen LogP contribution is 2.21. The summed E-state index contributed by atoms with van der Waals surface area (Å²) in [6, 6.07) is 12.2. The van der Waals surface area contributed by atoms with E-state index in [1.165, 1.54) is 0 Å². The lowest BCUT2D eigenvalue weighted by Crippen LogP contribution is -2.38. The smallest absolute Gasteiger partial charge is 0.319 e. The number of ether oxygens (including phenoxy) is 1. The van der Waals surface area contributed by atoms with Crippen LogP contribution >= 0.6 is 0 Å². The van der Waals surface area contributed by atoms with E-state index in [0.717, 1.165) is 0 Å². The minimum absolute atomic E-state index is 0.0426. The van der Waals surface area contributed by atoms with Gasteiger partial charge in [-0.2, -0.15) is 0 Å². The first-order valence-corrected chi connectivity index (χ1v) is 8.06. The van der Waals surface area contributed by atoms with Gasteiger partial charge in [-0.1, -0.05) is 32.0 Å². The number of carbonyl (C=O) groups excluding carboxylic acids is 2. The summed E-state index contributed by atoms with van der Waals surface area (Å²) in [7, 11) is 0. The van der Waals surface area contributed by atoms with Crippen LogP contribution in [0.3, 0.4) is 0 Å². The molecule has 0 spiro atoms. The Balaban J connectivity index is 1.79. The van der Waals surface area contributed by atoms with Gasteiger partial charge in [0.2, 0.25) is 11.8 Å². The summed E-state index contributed by atoms with van der Waals surface area (Å²) in [4.78, 5) is 27.4. The molecule has 7 nitrogen and oxygen atoms in total. The lowest BCUT2D eigenvalue weighted by Gasteiger charge is -2.10. The molecule has 0 saturated heterocycles. The highest BCUT2D eigenvalue weighted by atomic mass is 16.5. The van der Waals surface area contributed by atoms with Crippen LogP contribution in [0.5, 0.6) is 11.6 Å². The number of hydrogen-bond donors (Lipinski definition) is 3. The Morgan fingerprint density at radius 2 is 1.80 bits per heavy atom. The highest BCUT2D eigenvalue weighted by Gasteiger charge is 2.07. The van der Waals surface area contributed by atoms with Gasteiger partial charge in [0.1, 0.15) is 5.75 Å². The third-order valence-corrected chi connectivity index (χ3v) is 3.19. The molecule has 3 N–H and O–H groups in total. The van der Waals surface area contributed by atoms with Crippen LogP contribution in [0.25, 0.3) is 0 Å². The summed E-state index contributed by atoms with van der Waals surface area (Å²) >= 11 is 0. The van der Waals surface area contributed by atoms with E-state index in [0.29, 0.717) is 30.4 Å². The van der Waals surface area contributed by atoms with Crippen LogP contribution in [-0.4, -0.2) is 30.0 Å². The van der Waals surface area contributed by atoms with Crippen LogP contribution in [0, 0.1) is 5.92 Å². The van der Waals surface area contributed by atoms with Crippen LogP contribution in [0.1, 0.15) is 13.8 Å². The van der Waals surface area contributed by atoms with E-state index >= 15 is 0 Å². The van der Waals surface area contributed by atoms with E-state index in [1.807, 2.05) is 44.2 Å². The second-order valence-corrected chi connectivity index (χ2v) is 5.62. The standard InChI is InChI=1S/C18H22N4O3/c1-13(2)17(23)20-10-11-21-18(24)22-14-8-9-19-16(12-14)25-15-6-4-3-5-7-15/h3-9,12-13H,10-11H2,1-2H3,(H,20,23)(H2,19,21,22,24). The van der Waals surface area contributed by atoms with Crippen LogP contribution in [0.4, 0.5) is 10.5 Å². The molecule has 0 aliphatic heterocycles. The van der Waals surface area contributed by atoms with Gasteiger partial charge in [-0.25, -0.2) is 9.78 Å². The molecule has 0 atom stereocenters. The van der Waals surface area contributed by atoms with Crippen molar-refractivity contribution in [3.63, 3.8) is 0 Å². The number of aromatic nitrogens is 1. The number of carbonyl (C=O) groups is 2. The fraction of sp³-hybridized carbons (Fsp3) is 0.278. The van der Waals surface area contributed by atoms with Crippen molar-refractivity contribution in [2.75, 3.05) is 18.4 Å². The van der Waals surface area contributed by atoms with Crippen molar-refractivity contribution in [2.24, 2.45) is 5.92 Å². The monoisotopic (exact) mass is 342 g/mol. The van der Waals surface area contributed by atoms with Crippen molar-refractivity contribution in [1.29, 1.82) is 0 Å². The number of amides is 3. The van der Waals surface area contributed by atoms with E-state index in [4.69, 9.17) is 4.74 Å². The number of nitrogens with zero attached hydrogens (tertiary/aromatic N) is 1. The van der Waals surface area contributed by atoms with Crippen molar-refractivity contribution in [2.45, 2.75) is 13.8 Å². The number of pyridine rings is 1. The van der Waals surface area contributed by atoms with Gasteiger partial charge in [0.25, 0.3) is 0 Å². The number of anilines is 1. The molecule has 1 aromatic heterocycles. The van der Waals surface area contributed by atoms with Gasteiger partial charge in [-0.3, -0.25) is 4.79 Å². The molecule has 0 bridgehead atoms. The largest absolute Gasteiger partial charge is 0.439 e. The van der Waals surface area contributed by atoms with Crippen molar-refractivity contribution in [3.05, 3.63) is 48.7 Å². The van der Waals surface area contributed by atoms with E-state index in [1.54, 1.807) is 18.3 Å². The number of urea groups is 1. The minimum atomic E-state index is -0.365. The van der Waals surface area contributed by atoms with E-state index in [2.05, 4.69) is 20.9 Å². The second-order valence-electron chi connectivity index (χ2n) is 5.62. The summed E-state index contributed by atoms with van der Waals surface area (Å²) in [6.45, 7) is 4.34. The molecule has 0 fully saturated rings. The molecule has 1 aromatic carbocycles. The SMILES string of the molecule is CC(C)C(=O)NCCNC(=O)Nc1ccnc(Oc2ccccc2)c1. The Hall–Kier alpha value is -3.09. The average molecular weight is 342 g/mol. The summed E-state index contributed by atoms with van der Waals surface area (Å²) in [5.41, 5.74) is 0.560. The first-order chi connectivity index (χ1) is 12.0. The van der Waals surface area contributed by atoms with Crippen molar-refractivity contribution < 1.29 is 14.3 Å². The zero-order chi connectivity index (χ0) is 18.1. The van der Waals surface area contributed by atoms with Gasteiger partial charge in [-0.05, 0) is 18.2 Å². The normalized spacial score (nSPS) is 10.2. The van der Waals surface area contributed by atoms with Gasteiger partial charge in [0.15, 0.2) is 0 Å². The molecule has 0 aliphatic rings. The number of rotatable bonds is 7. The molecule has 132 valence electrons. The van der Waals surface area contributed by atoms with Crippen LogP contribution in [0.2, 0.25) is 0 Å². The zero-order valence-electron chi connectivity index (χ0n) is 14.3. The second kappa shape index (κ2) is 9.27. The zero-order valence-corrected chi connectivity index (χ0v) is 14.3. The Morgan fingerprint density at radius 1 is 1.08 bits per heavy atom. The molecule has 7 heteroatoms. The fourth-order valence-corrected chi connectivity index (χ4v) is 1.89. The Morgan fingerprint density at radius 3 is 2.52 bits per heavy atom. The van der Waals surface area contributed by atoms with Crippen molar-refractivity contribution >= 4 is 17.6 Å². The molecular formula is C18H22N4O3. The molecule has 0 saturated carbocycles. The predicted octanol–water partition coefficient (Wildman–Crippen LogP) is 2.77. The first-order valence-electron chi connectivity index (χ1n) is 8.06. The summed E-state index contributed by atoms with van der Waals surface area (Å²) < 4.78 is 5.62. The summed E-state index contributed by atoms with van der Waals surface area (Å²) in [5, 5.41) is 8.09. The van der Waals surface area contributed by atoms with Crippen LogP contribution < -0.4 is 20.7 Å². The molecule has 0 radical (unpaired) electrons. The molecular weight excluding hydrogens is 320 g/mol. The maximum Gasteiger partial charge on any atom is 0.319 e. The maximum atomic E-state index is 11.9. The minimum Gasteiger partial charge on any atom is -0.439 e. The Labute approximate surface area is 146 Å². The molecule has 2 aromatic rings. The topological polar surface area (TPSA) is 92.4 Å². The Bertz CT molecular complexity index is 704. The van der Waals surface area contributed by atoms with E-state index < -0.39 is 0 Å². The third kappa shape index (κ3) is 6.50. The third-order valence-electron chi connectivity index (χ3n) is 3.19. The molecule has 0 unspecified atom stereocenters. The number of benzene rings is 1. The lowest BCUT2D eigenvalue weighted by molar-refractivity contribution is -0.123. The van der Waals surface area contributed by atoms with Gasteiger partial charge >= 0.3 is 6.03 Å². The number of nitrogens with one attached hydrogen (secondary N) is 3. The van der Waals surface area contributed by atoms with Crippen molar-refractivity contribution in [1.82, 2.24) is 15.6 Å². The Kier molecular flexibility index (Phi) is 6.76. The molecule has 2 rings (SSSR count). The molecule has 1 heterocycles. The van der Waals surface area contributed by atoms with Crippen LogP contribution in [0.15, 0.2) is 48.7 Å². The van der Waals surface area contributed by atoms with Gasteiger partial charge in [0.05, 0.1) is 0 Å². The van der Waals surface area contributed by atoms with Gasteiger partial charge in [-0.15, -0.1) is 0 Å². The molecule has 0 aliphatic carbocycles. The highest BCUT2D eigenvalue weighted by molar-refractivity contribution is 5.89. The fourth-order valence-electron chi connectivity index (χ4n) is 1.89. The summed E-state index contributed by atoms with van der Waals surface area (Å²) in [5.74, 6) is 0.929. The maximum absolute atomic E-state index is 11.9. The van der Waals surface area contributed by atoms with Gasteiger partial charge in [0, 0.05) is 37.0 Å². The van der Waals surface area contributed by atoms with Gasteiger partial charge < -0.3 is 20.7 Å². The summed E-state index contributed by atoms with van der Waals surface area (Å²) in [6.07, 6.45) is 1.55. The van der Waals surface area contributed by atoms with E-state index in [9.17, 15) is 9.59 Å². The molecule has 3 amide bonds. The first kappa shape index (κ1) is 18.3. The lowest BCUT2D eigenvalue weighted by atomic mass is 10.2. The predicted molar refractivity (Wildman–Crippen MR) is 95.6 cm³/mol. The van der Waals surface area contributed by atoms with Crippen molar-refractivity contribution in [3.8, 4) is 11.6 Å². The number of hydrogen-bond acceptors (Lipinski definition) is 4. The van der Waals surface area contributed by atoms with Crippen LogP contribution in [-0.2, 0) is 4.79 Å². The molecule has 25 heavy (non-hydrogen) atoms. The quantitative estimate of drug-likeness (QED) is 0.675. The van der Waals surface area contributed by atoms with E-state index in [-0.39, 0.29) is 17.9 Å².